The first-order chi connectivity index (χ1) is 9.97. The van der Waals surface area contributed by atoms with Crippen LogP contribution in [0.1, 0.15) is 16.8 Å². The van der Waals surface area contributed by atoms with Gasteiger partial charge < -0.3 is 20.2 Å². The summed E-state index contributed by atoms with van der Waals surface area (Å²) in [4.78, 5) is 26.4. The molecule has 114 valence electrons. The highest BCUT2D eigenvalue weighted by atomic mass is 16.4. The van der Waals surface area contributed by atoms with Crippen molar-refractivity contribution in [3.63, 3.8) is 0 Å². The second-order valence-corrected chi connectivity index (χ2v) is 5.02. The van der Waals surface area contributed by atoms with Crippen LogP contribution in [0.5, 0.6) is 11.5 Å². The zero-order valence-electron chi connectivity index (χ0n) is 11.5. The highest BCUT2D eigenvalue weighted by molar-refractivity contribution is 5.97. The lowest BCUT2D eigenvalue weighted by molar-refractivity contribution is -0.138. The Bertz CT molecular complexity index is 546. The fourth-order valence-electron chi connectivity index (χ4n) is 2.39. The van der Waals surface area contributed by atoms with Crippen LogP contribution >= 0.6 is 0 Å². The fourth-order valence-corrected chi connectivity index (χ4v) is 2.39. The van der Waals surface area contributed by atoms with Gasteiger partial charge in [0.1, 0.15) is 11.5 Å². The first-order valence-corrected chi connectivity index (χ1v) is 6.73. The molecule has 2 rings (SSSR count). The van der Waals surface area contributed by atoms with Gasteiger partial charge in [-0.25, -0.2) is 0 Å². The number of aliphatic carboxylic acids is 1. The summed E-state index contributed by atoms with van der Waals surface area (Å²) in [6.45, 7) is 1.92. The number of carboxylic acids is 1. The van der Waals surface area contributed by atoms with Gasteiger partial charge >= 0.3 is 5.97 Å². The van der Waals surface area contributed by atoms with Gasteiger partial charge in [-0.15, -0.1) is 0 Å². The molecule has 1 heterocycles. The molecule has 0 spiro atoms. The van der Waals surface area contributed by atoms with Crippen molar-refractivity contribution in [1.29, 1.82) is 0 Å². The maximum atomic E-state index is 12.4. The molecule has 1 amide bonds. The Hall–Kier alpha value is -2.28. The summed E-state index contributed by atoms with van der Waals surface area (Å²) in [5.41, 5.74) is 0.0571. The monoisotopic (exact) mass is 294 g/mol. The number of amides is 1. The van der Waals surface area contributed by atoms with E-state index in [-0.39, 0.29) is 29.5 Å². The molecular formula is C14H18N2O5. The minimum atomic E-state index is -0.889. The van der Waals surface area contributed by atoms with E-state index >= 15 is 0 Å². The van der Waals surface area contributed by atoms with Crippen LogP contribution in [-0.4, -0.2) is 69.7 Å². The molecule has 1 aromatic rings. The van der Waals surface area contributed by atoms with E-state index in [9.17, 15) is 19.8 Å². The molecule has 3 N–H and O–H groups in total. The normalized spacial score (nSPS) is 16.5. The van der Waals surface area contributed by atoms with E-state index in [2.05, 4.69) is 0 Å². The zero-order valence-corrected chi connectivity index (χ0v) is 11.5. The van der Waals surface area contributed by atoms with Crippen LogP contribution < -0.4 is 0 Å². The Balaban J connectivity index is 2.06. The topological polar surface area (TPSA) is 101 Å². The summed E-state index contributed by atoms with van der Waals surface area (Å²) in [7, 11) is 0. The second kappa shape index (κ2) is 6.45. The summed E-state index contributed by atoms with van der Waals surface area (Å²) in [5.74, 6) is -1.51. The molecule has 1 aromatic carbocycles. The minimum Gasteiger partial charge on any atom is -0.508 e. The third-order valence-corrected chi connectivity index (χ3v) is 3.45. The van der Waals surface area contributed by atoms with Crippen LogP contribution in [-0.2, 0) is 4.79 Å². The van der Waals surface area contributed by atoms with Crippen molar-refractivity contribution in [1.82, 2.24) is 9.80 Å². The Morgan fingerprint density at radius 1 is 1.10 bits per heavy atom. The van der Waals surface area contributed by atoms with Crippen LogP contribution in [0.2, 0.25) is 0 Å². The molecule has 0 aromatic heterocycles. The molecule has 0 saturated carbocycles. The van der Waals surface area contributed by atoms with Crippen LogP contribution in [0.3, 0.4) is 0 Å². The second-order valence-electron chi connectivity index (χ2n) is 5.02. The predicted molar refractivity (Wildman–Crippen MR) is 74.4 cm³/mol. The number of hydrogen-bond acceptors (Lipinski definition) is 5. The molecule has 1 saturated heterocycles. The number of carbonyl (C=O) groups is 2. The first kappa shape index (κ1) is 15.1. The quantitative estimate of drug-likeness (QED) is 0.695. The number of phenols is 2. The number of phenolic OH excluding ortho intramolecular Hbond substituents is 2. The fraction of sp³-hybridized carbons (Fsp3) is 0.429. The zero-order chi connectivity index (χ0) is 15.4. The third kappa shape index (κ3) is 3.85. The lowest BCUT2D eigenvalue weighted by atomic mass is 10.1. The lowest BCUT2D eigenvalue weighted by Crippen LogP contribution is -2.36. The number of nitrogens with zero attached hydrogens (tertiary/aromatic N) is 2. The molecule has 7 heteroatoms. The van der Waals surface area contributed by atoms with Crippen LogP contribution in [0.25, 0.3) is 0 Å². The van der Waals surface area contributed by atoms with Crippen molar-refractivity contribution in [2.45, 2.75) is 6.42 Å². The van der Waals surface area contributed by atoms with Gasteiger partial charge in [-0.3, -0.25) is 14.5 Å². The molecule has 0 aliphatic carbocycles. The van der Waals surface area contributed by atoms with E-state index in [1.807, 2.05) is 0 Å². The van der Waals surface area contributed by atoms with Crippen molar-refractivity contribution in [3.8, 4) is 11.5 Å². The summed E-state index contributed by atoms with van der Waals surface area (Å²) in [6.07, 6.45) is 0.665. The predicted octanol–water partition coefficient (Wildman–Crippen LogP) is 0.330. The Labute approximate surface area is 122 Å². The van der Waals surface area contributed by atoms with Gasteiger partial charge in [0.15, 0.2) is 0 Å². The van der Waals surface area contributed by atoms with Crippen molar-refractivity contribution in [2.24, 2.45) is 0 Å². The molecule has 1 fully saturated rings. The van der Waals surface area contributed by atoms with E-state index in [1.165, 1.54) is 18.2 Å². The first-order valence-electron chi connectivity index (χ1n) is 6.73. The number of hydrogen-bond donors (Lipinski definition) is 3. The summed E-state index contributed by atoms with van der Waals surface area (Å²) < 4.78 is 0. The van der Waals surface area contributed by atoms with Gasteiger partial charge in [-0.1, -0.05) is 0 Å². The van der Waals surface area contributed by atoms with E-state index in [1.54, 1.807) is 9.80 Å². The Kier molecular flexibility index (Phi) is 4.64. The van der Waals surface area contributed by atoms with E-state index < -0.39 is 5.97 Å². The van der Waals surface area contributed by atoms with E-state index in [4.69, 9.17) is 5.11 Å². The van der Waals surface area contributed by atoms with Gasteiger partial charge in [-0.2, -0.15) is 0 Å². The van der Waals surface area contributed by atoms with Gasteiger partial charge in [0.25, 0.3) is 5.91 Å². The molecule has 0 bridgehead atoms. The summed E-state index contributed by atoms with van der Waals surface area (Å²) in [5, 5.41) is 28.0. The highest BCUT2D eigenvalue weighted by Crippen LogP contribution is 2.24. The van der Waals surface area contributed by atoms with E-state index in [0.717, 1.165) is 0 Å². The lowest BCUT2D eigenvalue weighted by Gasteiger charge is -2.21. The van der Waals surface area contributed by atoms with Crippen molar-refractivity contribution < 1.29 is 24.9 Å². The summed E-state index contributed by atoms with van der Waals surface area (Å²) in [6, 6.07) is 3.82. The van der Waals surface area contributed by atoms with Crippen molar-refractivity contribution in [2.75, 3.05) is 32.7 Å². The van der Waals surface area contributed by atoms with Gasteiger partial charge in [0.2, 0.25) is 0 Å². The standard InChI is InChI=1S/C14H18N2O5/c17-10-2-3-12(18)11(8-10)14(21)16-5-1-4-15(6-7-16)9-13(19)20/h2-3,8,17-18H,1,4-7,9H2,(H,19,20). The number of aromatic hydroxyl groups is 2. The van der Waals surface area contributed by atoms with Crippen LogP contribution in [0, 0.1) is 0 Å². The third-order valence-electron chi connectivity index (χ3n) is 3.45. The maximum absolute atomic E-state index is 12.4. The van der Waals surface area contributed by atoms with E-state index in [0.29, 0.717) is 32.6 Å². The van der Waals surface area contributed by atoms with Crippen LogP contribution in [0.4, 0.5) is 0 Å². The molecule has 0 atom stereocenters. The highest BCUT2D eigenvalue weighted by Gasteiger charge is 2.23. The Morgan fingerprint density at radius 3 is 2.57 bits per heavy atom. The number of carboxylic acid groups (broad SMARTS) is 1. The molecule has 21 heavy (non-hydrogen) atoms. The molecule has 7 nitrogen and oxygen atoms in total. The van der Waals surface area contributed by atoms with Gasteiger partial charge in [-0.05, 0) is 24.6 Å². The van der Waals surface area contributed by atoms with Gasteiger partial charge in [0.05, 0.1) is 12.1 Å². The molecule has 1 aliphatic rings. The van der Waals surface area contributed by atoms with Crippen molar-refractivity contribution in [3.05, 3.63) is 23.8 Å². The smallest absolute Gasteiger partial charge is 0.317 e. The average molecular weight is 294 g/mol. The van der Waals surface area contributed by atoms with Crippen molar-refractivity contribution >= 4 is 11.9 Å². The molecule has 0 unspecified atom stereocenters. The number of rotatable bonds is 3. The number of carbonyl (C=O) groups excluding carboxylic acids is 1. The average Bonchev–Trinajstić information content (AvgIpc) is 2.66. The SMILES string of the molecule is O=C(O)CN1CCCN(C(=O)c2cc(O)ccc2O)CC1. The molecular weight excluding hydrogens is 276 g/mol. The Morgan fingerprint density at radius 2 is 1.86 bits per heavy atom. The summed E-state index contributed by atoms with van der Waals surface area (Å²) >= 11 is 0. The van der Waals surface area contributed by atoms with Gasteiger partial charge in [0, 0.05) is 26.2 Å². The largest absolute Gasteiger partial charge is 0.508 e. The minimum absolute atomic E-state index is 0.0423. The maximum Gasteiger partial charge on any atom is 0.317 e. The molecule has 0 radical (unpaired) electrons. The number of benzene rings is 1. The van der Waals surface area contributed by atoms with Crippen LogP contribution in [0.15, 0.2) is 18.2 Å². The molecule has 1 aliphatic heterocycles.